The van der Waals surface area contributed by atoms with Crippen LogP contribution in [0.4, 0.5) is 5.95 Å². The van der Waals surface area contributed by atoms with Crippen LogP contribution in [0, 0.1) is 5.92 Å². The molecule has 29 heavy (non-hydrogen) atoms. The van der Waals surface area contributed by atoms with Crippen molar-refractivity contribution < 1.29 is 18.3 Å². The fourth-order valence-electron chi connectivity index (χ4n) is 3.51. The van der Waals surface area contributed by atoms with Crippen molar-refractivity contribution in [1.29, 1.82) is 0 Å². The first-order valence-electron chi connectivity index (χ1n) is 9.31. The molecule has 1 aromatic heterocycles. The number of hydrogen-bond donors (Lipinski definition) is 2. The molecule has 0 aliphatic heterocycles. The molecule has 1 saturated carbocycles. The van der Waals surface area contributed by atoms with Crippen LogP contribution < -0.4 is 5.01 Å². The van der Waals surface area contributed by atoms with Crippen molar-refractivity contribution in [1.82, 2.24) is 9.97 Å². The van der Waals surface area contributed by atoms with Gasteiger partial charge in [-0.05, 0) is 37.8 Å². The van der Waals surface area contributed by atoms with Gasteiger partial charge in [-0.1, -0.05) is 30.9 Å². The number of anilines is 1. The molecule has 1 heterocycles. The third kappa shape index (κ3) is 4.79. The third-order valence-electron chi connectivity index (χ3n) is 5.06. The third-order valence-corrected chi connectivity index (χ3v) is 7.40. The Morgan fingerprint density at radius 1 is 1.41 bits per heavy atom. The summed E-state index contributed by atoms with van der Waals surface area (Å²) in [5.41, 5.74) is 0.935. The van der Waals surface area contributed by atoms with E-state index in [1.165, 1.54) is 30.3 Å². The maximum atomic E-state index is 12.9. The lowest BCUT2D eigenvalue weighted by atomic mass is 9.91. The summed E-state index contributed by atoms with van der Waals surface area (Å²) in [4.78, 5) is 18.4. The van der Waals surface area contributed by atoms with Crippen molar-refractivity contribution in [3.8, 4) is 0 Å². The van der Waals surface area contributed by atoms with Crippen molar-refractivity contribution in [3.05, 3.63) is 28.9 Å². The lowest BCUT2D eigenvalue weighted by Gasteiger charge is -2.21. The molecule has 8 nitrogen and oxygen atoms in total. The second kappa shape index (κ2) is 8.54. The summed E-state index contributed by atoms with van der Waals surface area (Å²) in [6.45, 7) is 4.83. The number of benzene rings is 1. The average molecular weight is 439 g/mol. The molecule has 0 saturated heterocycles. The molecule has 0 amide bonds. The number of nitrogens with zero attached hydrogens (tertiary/aromatic N) is 3. The van der Waals surface area contributed by atoms with E-state index in [0.717, 1.165) is 32.1 Å². The second-order valence-corrected chi connectivity index (χ2v) is 9.66. The van der Waals surface area contributed by atoms with Crippen LogP contribution in [0.5, 0.6) is 0 Å². The quantitative estimate of drug-likeness (QED) is 0.383. The van der Waals surface area contributed by atoms with Crippen LogP contribution in [0.3, 0.4) is 0 Å². The number of aliphatic carboxylic acids is 1. The van der Waals surface area contributed by atoms with Gasteiger partial charge in [0.05, 0.1) is 32.3 Å². The lowest BCUT2D eigenvalue weighted by molar-refractivity contribution is -0.132. The van der Waals surface area contributed by atoms with Gasteiger partial charge in [0.2, 0.25) is 5.95 Å². The van der Waals surface area contributed by atoms with E-state index in [-0.39, 0.29) is 33.1 Å². The number of aromatic amines is 1. The second-order valence-electron chi connectivity index (χ2n) is 7.25. The molecule has 1 aliphatic carbocycles. The number of nitrogens with one attached hydrogen (secondary N) is 1. The van der Waals surface area contributed by atoms with E-state index in [1.54, 1.807) is 0 Å². The molecule has 0 bridgehead atoms. The molecule has 1 aromatic carbocycles. The zero-order valence-electron chi connectivity index (χ0n) is 16.1. The van der Waals surface area contributed by atoms with E-state index in [1.807, 2.05) is 0 Å². The van der Waals surface area contributed by atoms with Crippen molar-refractivity contribution in [3.63, 3.8) is 0 Å². The lowest BCUT2D eigenvalue weighted by Crippen LogP contribution is -2.19. The molecule has 10 heteroatoms. The van der Waals surface area contributed by atoms with E-state index in [4.69, 9.17) is 16.7 Å². The smallest absolute Gasteiger partial charge is 0.332 e. The van der Waals surface area contributed by atoms with Gasteiger partial charge in [0.15, 0.2) is 9.84 Å². The number of carbonyl (C=O) groups is 1. The number of aromatic nitrogens is 2. The maximum absolute atomic E-state index is 12.9. The monoisotopic (exact) mass is 438 g/mol. The molecule has 1 fully saturated rings. The molecule has 0 spiro atoms. The Balaban J connectivity index is 1.95. The van der Waals surface area contributed by atoms with Crippen LogP contribution in [0.2, 0.25) is 5.02 Å². The van der Waals surface area contributed by atoms with Gasteiger partial charge in [-0.2, -0.15) is 5.10 Å². The summed E-state index contributed by atoms with van der Waals surface area (Å²) in [5, 5.41) is 14.1. The van der Waals surface area contributed by atoms with E-state index in [0.29, 0.717) is 11.0 Å². The molecule has 2 N–H and O–H groups in total. The predicted octanol–water partition coefficient (Wildman–Crippen LogP) is 3.98. The molecule has 2 aromatic rings. The van der Waals surface area contributed by atoms with Gasteiger partial charge in [-0.3, -0.25) is 0 Å². The van der Waals surface area contributed by atoms with E-state index in [9.17, 15) is 13.2 Å². The minimum Gasteiger partial charge on any atom is -0.478 e. The number of imidazole rings is 1. The fraction of sp³-hybridized carbons (Fsp3) is 0.421. The molecule has 156 valence electrons. The SMILES string of the molecule is C=NN(/C=C(\C)C(=O)O)c1nc2cc(Cl)c(S(=O)(=O)CC3CCCCC3)cc2[nH]1. The minimum atomic E-state index is -3.55. The van der Waals surface area contributed by atoms with Gasteiger partial charge < -0.3 is 10.1 Å². The highest BCUT2D eigenvalue weighted by Gasteiger charge is 2.26. The van der Waals surface area contributed by atoms with Crippen molar-refractivity contribution in [2.75, 3.05) is 10.8 Å². The molecule has 3 rings (SSSR count). The standard InChI is InChI=1S/C19H23ClN4O4S/c1-12(18(25)26)10-24(21-2)19-22-15-8-14(20)17(9-16(15)23-19)29(27,28)11-13-6-4-3-5-7-13/h8-10,13H,2-7,11H2,1H3,(H,22,23)(H,25,26)/b12-10+. The zero-order chi connectivity index (χ0) is 21.2. The Bertz CT molecular complexity index is 1070. The van der Waals surface area contributed by atoms with E-state index >= 15 is 0 Å². The molecular formula is C19H23ClN4O4S. The van der Waals surface area contributed by atoms with Gasteiger partial charge >= 0.3 is 5.97 Å². The summed E-state index contributed by atoms with van der Waals surface area (Å²) in [6, 6.07) is 2.96. The van der Waals surface area contributed by atoms with Gasteiger partial charge in [0.25, 0.3) is 0 Å². The summed E-state index contributed by atoms with van der Waals surface area (Å²) in [7, 11) is -3.55. The van der Waals surface area contributed by atoms with Crippen LogP contribution in [0.25, 0.3) is 11.0 Å². The van der Waals surface area contributed by atoms with Crippen LogP contribution in [0.15, 0.2) is 33.9 Å². The summed E-state index contributed by atoms with van der Waals surface area (Å²) < 4.78 is 25.9. The Morgan fingerprint density at radius 3 is 2.72 bits per heavy atom. The average Bonchev–Trinajstić information content (AvgIpc) is 3.08. The summed E-state index contributed by atoms with van der Waals surface area (Å²) in [6.07, 6.45) is 6.37. The van der Waals surface area contributed by atoms with Gasteiger partial charge in [-0.15, -0.1) is 0 Å². The Kier molecular flexibility index (Phi) is 6.28. The number of sulfone groups is 1. The molecule has 0 unspecified atom stereocenters. The first kappa shape index (κ1) is 21.3. The Hall–Kier alpha value is -2.39. The zero-order valence-corrected chi connectivity index (χ0v) is 17.6. The highest BCUT2D eigenvalue weighted by Crippen LogP contribution is 2.32. The van der Waals surface area contributed by atoms with Crippen molar-refractivity contribution in [2.24, 2.45) is 11.0 Å². The number of hydrogen-bond acceptors (Lipinski definition) is 6. The molecule has 0 radical (unpaired) electrons. The Labute approximate surface area is 174 Å². The minimum absolute atomic E-state index is 0.0339. The normalized spacial score (nSPS) is 16.1. The summed E-state index contributed by atoms with van der Waals surface area (Å²) >= 11 is 6.28. The highest BCUT2D eigenvalue weighted by molar-refractivity contribution is 7.91. The Morgan fingerprint density at radius 2 is 2.10 bits per heavy atom. The number of H-pyrrole nitrogens is 1. The van der Waals surface area contributed by atoms with Crippen LogP contribution in [0.1, 0.15) is 39.0 Å². The van der Waals surface area contributed by atoms with Gasteiger partial charge in [0, 0.05) is 12.9 Å². The predicted molar refractivity (Wildman–Crippen MR) is 113 cm³/mol. The molecule has 0 atom stereocenters. The van der Waals surface area contributed by atoms with E-state index < -0.39 is 15.8 Å². The van der Waals surface area contributed by atoms with Gasteiger partial charge in [0.1, 0.15) is 0 Å². The van der Waals surface area contributed by atoms with E-state index in [2.05, 4.69) is 21.8 Å². The molecule has 1 aliphatic rings. The fourth-order valence-corrected chi connectivity index (χ4v) is 5.80. The number of fused-ring (bicyclic) bond motifs is 1. The highest BCUT2D eigenvalue weighted by atomic mass is 35.5. The number of carboxylic acids is 1. The largest absolute Gasteiger partial charge is 0.478 e. The number of rotatable bonds is 7. The topological polar surface area (TPSA) is 116 Å². The number of hydrazone groups is 1. The maximum Gasteiger partial charge on any atom is 0.332 e. The van der Waals surface area contributed by atoms with Crippen LogP contribution in [-0.2, 0) is 14.6 Å². The van der Waals surface area contributed by atoms with Crippen LogP contribution >= 0.6 is 11.6 Å². The van der Waals surface area contributed by atoms with Crippen LogP contribution in [-0.4, -0.2) is 41.9 Å². The first-order chi connectivity index (χ1) is 13.7. The van der Waals surface area contributed by atoms with Gasteiger partial charge in [-0.25, -0.2) is 23.2 Å². The number of halogens is 1. The van der Waals surface area contributed by atoms with Crippen molar-refractivity contribution in [2.45, 2.75) is 43.9 Å². The number of carboxylic acid groups (broad SMARTS) is 1. The summed E-state index contributed by atoms with van der Waals surface area (Å²) in [5.74, 6) is -0.662. The molecular weight excluding hydrogens is 416 g/mol. The first-order valence-corrected chi connectivity index (χ1v) is 11.3. The van der Waals surface area contributed by atoms with Crippen molar-refractivity contribution >= 4 is 51.1 Å².